The number of aryl methyl sites for hydroxylation is 1. The van der Waals surface area contributed by atoms with Crippen molar-refractivity contribution >= 4 is 28.9 Å². The smallest absolute Gasteiger partial charge is 0.293 e. The third-order valence-electron chi connectivity index (χ3n) is 4.88. The van der Waals surface area contributed by atoms with Gasteiger partial charge in [-0.25, -0.2) is 0 Å². The average Bonchev–Trinajstić information content (AvgIpc) is 3.37. The molecular formula is C21H17N3O5. The number of nitro groups is 1. The first-order valence-electron chi connectivity index (χ1n) is 8.99. The van der Waals surface area contributed by atoms with Crippen molar-refractivity contribution in [3.05, 3.63) is 87.4 Å². The number of furan rings is 1. The van der Waals surface area contributed by atoms with E-state index >= 15 is 0 Å². The normalized spacial score (nSPS) is 12.5. The summed E-state index contributed by atoms with van der Waals surface area (Å²) in [5.74, 6) is -0.458. The number of carbonyl (C=O) groups is 2. The molecule has 0 atom stereocenters. The maximum atomic E-state index is 12.6. The van der Waals surface area contributed by atoms with Gasteiger partial charge in [0.15, 0.2) is 5.76 Å². The van der Waals surface area contributed by atoms with Crippen molar-refractivity contribution in [2.75, 3.05) is 16.8 Å². The monoisotopic (exact) mass is 391 g/mol. The van der Waals surface area contributed by atoms with Crippen molar-refractivity contribution < 1.29 is 18.9 Å². The zero-order chi connectivity index (χ0) is 20.5. The molecule has 29 heavy (non-hydrogen) atoms. The Morgan fingerprint density at radius 2 is 2.00 bits per heavy atom. The molecule has 0 spiro atoms. The second-order valence-electron chi connectivity index (χ2n) is 6.74. The van der Waals surface area contributed by atoms with Crippen LogP contribution in [0, 0.1) is 17.0 Å². The highest BCUT2D eigenvalue weighted by Gasteiger charge is 2.27. The van der Waals surface area contributed by atoms with Gasteiger partial charge in [-0.1, -0.05) is 12.1 Å². The van der Waals surface area contributed by atoms with Crippen molar-refractivity contribution in [1.82, 2.24) is 0 Å². The Labute approximate surface area is 165 Å². The van der Waals surface area contributed by atoms with E-state index in [4.69, 9.17) is 4.42 Å². The minimum atomic E-state index is -0.514. The summed E-state index contributed by atoms with van der Waals surface area (Å²) < 4.78 is 5.20. The fraction of sp³-hybridized carbons (Fsp3) is 0.143. The van der Waals surface area contributed by atoms with Crippen LogP contribution in [0.1, 0.15) is 32.0 Å². The molecule has 0 bridgehead atoms. The molecule has 8 nitrogen and oxygen atoms in total. The maximum absolute atomic E-state index is 12.6. The van der Waals surface area contributed by atoms with E-state index in [-0.39, 0.29) is 22.9 Å². The van der Waals surface area contributed by atoms with E-state index in [0.717, 1.165) is 5.56 Å². The van der Waals surface area contributed by atoms with Crippen molar-refractivity contribution in [2.45, 2.75) is 13.3 Å². The van der Waals surface area contributed by atoms with Gasteiger partial charge < -0.3 is 14.6 Å². The van der Waals surface area contributed by atoms with Gasteiger partial charge >= 0.3 is 0 Å². The summed E-state index contributed by atoms with van der Waals surface area (Å²) in [5, 5.41) is 13.9. The summed E-state index contributed by atoms with van der Waals surface area (Å²) in [7, 11) is 0. The second kappa shape index (κ2) is 7.23. The van der Waals surface area contributed by atoms with E-state index in [9.17, 15) is 19.7 Å². The van der Waals surface area contributed by atoms with Crippen molar-refractivity contribution in [1.29, 1.82) is 0 Å². The molecule has 0 saturated heterocycles. The van der Waals surface area contributed by atoms with Gasteiger partial charge in [0.2, 0.25) is 0 Å². The van der Waals surface area contributed by atoms with Gasteiger partial charge in [0.25, 0.3) is 17.5 Å². The highest BCUT2D eigenvalue weighted by molar-refractivity contribution is 6.07. The largest absolute Gasteiger partial charge is 0.459 e. The number of amides is 2. The Bertz CT molecular complexity index is 1120. The van der Waals surface area contributed by atoms with Gasteiger partial charge in [-0.05, 0) is 49.2 Å². The van der Waals surface area contributed by atoms with E-state index in [2.05, 4.69) is 5.32 Å². The van der Waals surface area contributed by atoms with Crippen LogP contribution in [0.3, 0.4) is 0 Å². The molecule has 4 rings (SSSR count). The third kappa shape index (κ3) is 3.47. The Morgan fingerprint density at radius 1 is 1.17 bits per heavy atom. The summed E-state index contributed by atoms with van der Waals surface area (Å²) in [6.45, 7) is 2.14. The van der Waals surface area contributed by atoms with Crippen LogP contribution in [0.25, 0.3) is 0 Å². The van der Waals surface area contributed by atoms with Crippen LogP contribution in [-0.2, 0) is 6.42 Å². The quantitative estimate of drug-likeness (QED) is 0.535. The number of nitrogens with zero attached hydrogens (tertiary/aromatic N) is 2. The lowest BCUT2D eigenvalue weighted by atomic mass is 10.1. The number of hydrogen-bond donors (Lipinski definition) is 1. The molecule has 1 aliphatic heterocycles. The maximum Gasteiger partial charge on any atom is 0.293 e. The van der Waals surface area contributed by atoms with Gasteiger partial charge in [-0.15, -0.1) is 0 Å². The summed E-state index contributed by atoms with van der Waals surface area (Å²) in [4.78, 5) is 37.4. The highest BCUT2D eigenvalue weighted by atomic mass is 16.6. The zero-order valence-electron chi connectivity index (χ0n) is 15.5. The van der Waals surface area contributed by atoms with Gasteiger partial charge in [-0.2, -0.15) is 0 Å². The minimum Gasteiger partial charge on any atom is -0.459 e. The third-order valence-corrected chi connectivity index (χ3v) is 4.88. The fourth-order valence-electron chi connectivity index (χ4n) is 3.35. The lowest BCUT2D eigenvalue weighted by Gasteiger charge is -2.17. The van der Waals surface area contributed by atoms with Crippen LogP contribution in [0.15, 0.2) is 59.2 Å². The van der Waals surface area contributed by atoms with Crippen LogP contribution in [0.4, 0.5) is 17.1 Å². The van der Waals surface area contributed by atoms with Crippen molar-refractivity contribution in [3.8, 4) is 0 Å². The van der Waals surface area contributed by atoms with E-state index in [1.54, 1.807) is 42.2 Å². The molecular weight excluding hydrogens is 374 g/mol. The average molecular weight is 391 g/mol. The minimum absolute atomic E-state index is 0.109. The SMILES string of the molecule is Cc1ccc(C(=O)Nc2ccc3c(c2)N(C(=O)c2ccco2)CC3)cc1[N+](=O)[O-]. The molecule has 2 amide bonds. The Morgan fingerprint density at radius 3 is 2.72 bits per heavy atom. The molecule has 3 aromatic rings. The van der Waals surface area contributed by atoms with Gasteiger partial charge in [0.1, 0.15) is 0 Å². The molecule has 146 valence electrons. The molecule has 0 aliphatic carbocycles. The van der Waals surface area contributed by atoms with E-state index in [1.165, 1.54) is 18.4 Å². The van der Waals surface area contributed by atoms with Crippen LogP contribution in [-0.4, -0.2) is 23.3 Å². The topological polar surface area (TPSA) is 106 Å². The number of anilines is 2. The molecule has 2 aromatic carbocycles. The molecule has 0 fully saturated rings. The predicted octanol–water partition coefficient (Wildman–Crippen LogP) is 3.95. The molecule has 1 aliphatic rings. The number of hydrogen-bond acceptors (Lipinski definition) is 5. The standard InChI is InChI=1S/C21H17N3O5/c1-13-4-5-15(11-17(13)24(27)28)20(25)22-16-7-6-14-8-9-23(18(14)12-16)21(26)19-3-2-10-29-19/h2-7,10-12H,8-9H2,1H3,(H,22,25). The van der Waals surface area contributed by atoms with Crippen LogP contribution < -0.4 is 10.2 Å². The van der Waals surface area contributed by atoms with E-state index in [0.29, 0.717) is 29.9 Å². The van der Waals surface area contributed by atoms with Gasteiger partial charge in [0.05, 0.1) is 11.2 Å². The summed E-state index contributed by atoms with van der Waals surface area (Å²) in [6, 6.07) is 12.9. The van der Waals surface area contributed by atoms with Crippen molar-refractivity contribution in [2.24, 2.45) is 0 Å². The lowest BCUT2D eigenvalue weighted by molar-refractivity contribution is -0.385. The summed E-state index contributed by atoms with van der Waals surface area (Å²) >= 11 is 0. The molecule has 1 aromatic heterocycles. The van der Waals surface area contributed by atoms with Gasteiger partial charge in [-0.3, -0.25) is 19.7 Å². The van der Waals surface area contributed by atoms with Gasteiger partial charge in [0, 0.05) is 35.1 Å². The fourth-order valence-corrected chi connectivity index (χ4v) is 3.35. The number of carbonyl (C=O) groups excluding carboxylic acids is 2. The van der Waals surface area contributed by atoms with E-state index < -0.39 is 10.8 Å². The van der Waals surface area contributed by atoms with E-state index in [1.807, 2.05) is 6.07 Å². The second-order valence-corrected chi connectivity index (χ2v) is 6.74. The Kier molecular flexibility index (Phi) is 4.59. The number of nitrogens with one attached hydrogen (secondary N) is 1. The van der Waals surface area contributed by atoms with Crippen LogP contribution in [0.5, 0.6) is 0 Å². The first-order valence-corrected chi connectivity index (χ1v) is 8.99. The molecule has 0 radical (unpaired) electrons. The number of benzene rings is 2. The zero-order valence-corrected chi connectivity index (χ0v) is 15.5. The Hall–Kier alpha value is -3.94. The number of fused-ring (bicyclic) bond motifs is 1. The molecule has 8 heteroatoms. The first-order chi connectivity index (χ1) is 13.9. The molecule has 0 saturated carbocycles. The summed E-state index contributed by atoms with van der Waals surface area (Å²) in [6.07, 6.45) is 2.15. The Balaban J connectivity index is 1.58. The number of nitro benzene ring substituents is 1. The first kappa shape index (κ1) is 18.4. The predicted molar refractivity (Wildman–Crippen MR) is 106 cm³/mol. The molecule has 1 N–H and O–H groups in total. The van der Waals surface area contributed by atoms with Crippen molar-refractivity contribution in [3.63, 3.8) is 0 Å². The lowest BCUT2D eigenvalue weighted by Crippen LogP contribution is -2.28. The van der Waals surface area contributed by atoms with Crippen LogP contribution >= 0.6 is 0 Å². The molecule has 2 heterocycles. The number of rotatable bonds is 4. The van der Waals surface area contributed by atoms with Crippen LogP contribution in [0.2, 0.25) is 0 Å². The highest BCUT2D eigenvalue weighted by Crippen LogP contribution is 2.32. The molecule has 0 unspecified atom stereocenters. The summed E-state index contributed by atoms with van der Waals surface area (Å²) in [5.41, 5.74) is 2.76.